The van der Waals surface area contributed by atoms with Crippen LogP contribution in [0.1, 0.15) is 69.1 Å². The van der Waals surface area contributed by atoms with Gasteiger partial charge in [0.2, 0.25) is 11.8 Å². The monoisotopic (exact) mass is 634 g/mol. The van der Waals surface area contributed by atoms with E-state index in [9.17, 15) is 23.2 Å². The number of nitrogens with one attached hydrogen (secondary N) is 1. The Morgan fingerprint density at radius 2 is 1.84 bits per heavy atom. The van der Waals surface area contributed by atoms with Crippen molar-refractivity contribution in [2.75, 3.05) is 37.3 Å². The van der Waals surface area contributed by atoms with E-state index in [1.165, 1.54) is 20.0 Å². The number of anilines is 2. The Hall–Kier alpha value is -3.88. The molecule has 3 aromatic rings. The molecular weight excluding hydrogens is 596 g/mol. The van der Waals surface area contributed by atoms with Crippen LogP contribution in [0, 0.1) is 5.92 Å². The molecule has 2 aromatic heterocycles. The molecule has 1 saturated carbocycles. The maximum atomic E-state index is 15.8. The van der Waals surface area contributed by atoms with E-state index in [0.29, 0.717) is 42.7 Å². The van der Waals surface area contributed by atoms with E-state index in [1.54, 1.807) is 42.1 Å². The molecule has 0 spiro atoms. The van der Waals surface area contributed by atoms with Crippen LogP contribution in [0.2, 0.25) is 0 Å². The molecular formula is C30H38F4N8O3. The van der Waals surface area contributed by atoms with Crippen molar-refractivity contribution >= 4 is 34.2 Å². The predicted octanol–water partition coefficient (Wildman–Crippen LogP) is 3.61. The van der Waals surface area contributed by atoms with Gasteiger partial charge in [0.05, 0.1) is 41.0 Å². The number of aromatic nitrogens is 4. The van der Waals surface area contributed by atoms with Gasteiger partial charge in [-0.1, -0.05) is 6.07 Å². The highest BCUT2D eigenvalue weighted by molar-refractivity contribution is 6.00. The summed E-state index contributed by atoms with van der Waals surface area (Å²) in [5.41, 5.74) is 6.23. The molecule has 11 nitrogen and oxygen atoms in total. The van der Waals surface area contributed by atoms with Gasteiger partial charge < -0.3 is 10.6 Å². The Bertz CT molecular complexity index is 1660. The van der Waals surface area contributed by atoms with Gasteiger partial charge >= 0.3 is 5.69 Å². The molecule has 3 aliphatic rings. The number of alkyl halides is 4. The first kappa shape index (κ1) is 31.1. The van der Waals surface area contributed by atoms with E-state index in [4.69, 9.17) is 5.73 Å². The van der Waals surface area contributed by atoms with E-state index in [0.717, 1.165) is 12.8 Å². The van der Waals surface area contributed by atoms with Gasteiger partial charge in [-0.15, -0.1) is 0 Å². The first-order valence-corrected chi connectivity index (χ1v) is 15.3. The fourth-order valence-electron chi connectivity index (χ4n) is 7.48. The fraction of sp³-hybridized carbons (Fsp3) is 0.600. The van der Waals surface area contributed by atoms with Gasteiger partial charge in [-0.05, 0) is 63.6 Å². The largest absolute Gasteiger partial charge is 0.396 e. The molecule has 2 amide bonds. The number of carbonyl (C=O) groups excluding carboxylic acids is 2. The van der Waals surface area contributed by atoms with Gasteiger partial charge in [0, 0.05) is 32.8 Å². The number of para-hydroxylation sites is 1. The number of piperidine rings is 2. The Morgan fingerprint density at radius 1 is 1.11 bits per heavy atom. The first-order valence-electron chi connectivity index (χ1n) is 15.3. The van der Waals surface area contributed by atoms with Crippen LogP contribution in [0.25, 0.3) is 11.0 Å². The number of halogens is 4. The zero-order valence-electron chi connectivity index (χ0n) is 25.3. The summed E-state index contributed by atoms with van der Waals surface area (Å²) in [7, 11) is 3.29. The summed E-state index contributed by atoms with van der Waals surface area (Å²) < 4.78 is 62.1. The highest BCUT2D eigenvalue weighted by Crippen LogP contribution is 2.39. The minimum absolute atomic E-state index is 0.0224. The average Bonchev–Trinajstić information content (AvgIpc) is 3.50. The summed E-state index contributed by atoms with van der Waals surface area (Å²) in [4.78, 5) is 40.9. The number of hydrogen-bond acceptors (Lipinski definition) is 7. The van der Waals surface area contributed by atoms with Crippen molar-refractivity contribution in [3.63, 3.8) is 0 Å². The van der Waals surface area contributed by atoms with Crippen LogP contribution in [0.4, 0.5) is 28.9 Å². The normalized spacial score (nSPS) is 25.8. The van der Waals surface area contributed by atoms with Crippen LogP contribution in [0.3, 0.4) is 0 Å². The van der Waals surface area contributed by atoms with Gasteiger partial charge in [-0.2, -0.15) is 5.10 Å². The number of hydrogen-bond donors (Lipinski definition) is 2. The molecule has 1 aliphatic carbocycles. The standard InChI is InChI=1S/C30H38F4N8O3/c1-38(14-17-6-8-18(9-7-17)41-15-19(35)25(37-41)27(31)32)23-12-13-40(16-30(23,33)34)20-4-3-5-21-26(20)39(2)29(45)42(21)22-10-11-24(43)36-28(22)44/h3-5,15,17-18,22-23,27H,6-14,16,35H2,1-2H3,(H,36,43,44). The van der Waals surface area contributed by atoms with Crippen LogP contribution >= 0.6 is 0 Å². The quantitative estimate of drug-likeness (QED) is 0.301. The van der Waals surface area contributed by atoms with Crippen molar-refractivity contribution in [2.24, 2.45) is 13.0 Å². The molecule has 2 unspecified atom stereocenters. The molecule has 3 fully saturated rings. The van der Waals surface area contributed by atoms with Crippen molar-refractivity contribution in [3.05, 3.63) is 40.6 Å². The number of carbonyl (C=O) groups is 2. The Morgan fingerprint density at radius 3 is 2.49 bits per heavy atom. The second kappa shape index (κ2) is 11.8. The van der Waals surface area contributed by atoms with E-state index in [1.807, 2.05) is 0 Å². The van der Waals surface area contributed by atoms with Gasteiger partial charge in [0.15, 0.2) is 5.69 Å². The van der Waals surface area contributed by atoms with Crippen molar-refractivity contribution in [1.82, 2.24) is 29.1 Å². The van der Waals surface area contributed by atoms with E-state index < -0.39 is 54.2 Å². The SMILES string of the molecule is CN(CC1CCC(n2cc(N)c(C(F)F)n2)CC1)C1CCN(c2cccc3c2n(C)c(=O)n3C2CCC(=O)NC2=O)CC1(F)F. The van der Waals surface area contributed by atoms with Crippen LogP contribution in [-0.4, -0.2) is 74.3 Å². The van der Waals surface area contributed by atoms with Crippen LogP contribution < -0.4 is 21.6 Å². The molecule has 3 N–H and O–H groups in total. The lowest BCUT2D eigenvalue weighted by atomic mass is 9.85. The van der Waals surface area contributed by atoms with Crippen LogP contribution in [-0.2, 0) is 16.6 Å². The highest BCUT2D eigenvalue weighted by atomic mass is 19.3. The summed E-state index contributed by atoms with van der Waals surface area (Å²) in [6.07, 6.45) is 2.17. The number of imide groups is 1. The summed E-state index contributed by atoms with van der Waals surface area (Å²) in [6.45, 7) is 0.315. The molecule has 2 atom stereocenters. The third kappa shape index (κ3) is 5.70. The second-order valence-electron chi connectivity index (χ2n) is 12.7. The summed E-state index contributed by atoms with van der Waals surface area (Å²) in [5, 5.41) is 6.26. The zero-order chi connectivity index (χ0) is 32.2. The number of rotatable bonds is 7. The molecule has 4 heterocycles. The number of nitrogens with two attached hydrogens (primary N) is 1. The Kier molecular flexibility index (Phi) is 8.16. The molecule has 2 saturated heterocycles. The van der Waals surface area contributed by atoms with Crippen molar-refractivity contribution in [1.29, 1.82) is 0 Å². The number of benzene rings is 1. The molecule has 15 heteroatoms. The van der Waals surface area contributed by atoms with E-state index >= 15 is 8.78 Å². The van der Waals surface area contributed by atoms with E-state index in [-0.39, 0.29) is 36.9 Å². The van der Waals surface area contributed by atoms with Gasteiger partial charge in [0.1, 0.15) is 6.04 Å². The van der Waals surface area contributed by atoms with Crippen molar-refractivity contribution in [2.45, 2.75) is 75.4 Å². The molecule has 2 aliphatic heterocycles. The second-order valence-corrected chi connectivity index (χ2v) is 12.7. The number of aryl methyl sites for hydroxylation is 1. The summed E-state index contributed by atoms with van der Waals surface area (Å²) in [5.74, 6) is -3.80. The number of nitrogen functional groups attached to an aromatic ring is 1. The van der Waals surface area contributed by atoms with Crippen molar-refractivity contribution in [3.8, 4) is 0 Å². The maximum absolute atomic E-state index is 15.8. The van der Waals surface area contributed by atoms with Gasteiger partial charge in [-0.3, -0.25) is 33.6 Å². The third-order valence-electron chi connectivity index (χ3n) is 9.77. The van der Waals surface area contributed by atoms with E-state index in [2.05, 4.69) is 10.4 Å². The molecule has 6 rings (SSSR count). The summed E-state index contributed by atoms with van der Waals surface area (Å²) >= 11 is 0. The summed E-state index contributed by atoms with van der Waals surface area (Å²) in [6, 6.07) is 3.22. The van der Waals surface area contributed by atoms with Crippen LogP contribution in [0.15, 0.2) is 29.2 Å². The topological polar surface area (TPSA) is 123 Å². The maximum Gasteiger partial charge on any atom is 0.329 e. The lowest BCUT2D eigenvalue weighted by Gasteiger charge is -2.44. The zero-order valence-corrected chi connectivity index (χ0v) is 25.3. The lowest BCUT2D eigenvalue weighted by Crippen LogP contribution is -2.58. The Labute approximate surface area is 256 Å². The molecule has 0 bridgehead atoms. The number of nitrogens with zero attached hydrogens (tertiary/aromatic N) is 6. The van der Waals surface area contributed by atoms with Gasteiger partial charge in [-0.25, -0.2) is 22.4 Å². The third-order valence-corrected chi connectivity index (χ3v) is 9.77. The van der Waals surface area contributed by atoms with Gasteiger partial charge in [0.25, 0.3) is 12.3 Å². The number of fused-ring (bicyclic) bond motifs is 1. The molecule has 0 radical (unpaired) electrons. The molecule has 1 aromatic carbocycles. The van der Waals surface area contributed by atoms with Crippen molar-refractivity contribution < 1.29 is 27.2 Å². The lowest BCUT2D eigenvalue weighted by molar-refractivity contribution is -0.135. The van der Waals surface area contributed by atoms with Crippen LogP contribution in [0.5, 0.6) is 0 Å². The highest BCUT2D eigenvalue weighted by Gasteiger charge is 2.47. The Balaban J connectivity index is 1.13. The number of imidazole rings is 1. The smallest absolute Gasteiger partial charge is 0.329 e. The number of amides is 2. The first-order chi connectivity index (χ1) is 21.4. The minimum Gasteiger partial charge on any atom is -0.396 e. The minimum atomic E-state index is -3.05. The molecule has 45 heavy (non-hydrogen) atoms. The fourth-order valence-corrected chi connectivity index (χ4v) is 7.48. The molecule has 244 valence electrons. The average molecular weight is 635 g/mol. The predicted molar refractivity (Wildman–Crippen MR) is 159 cm³/mol.